The van der Waals surface area contributed by atoms with E-state index in [4.69, 9.17) is 0 Å². The third-order valence-corrected chi connectivity index (χ3v) is 2.97. The molecule has 1 N–H and O–H groups in total. The van der Waals surface area contributed by atoms with Crippen LogP contribution >= 0.6 is 0 Å². The predicted molar refractivity (Wildman–Crippen MR) is 58.7 cm³/mol. The van der Waals surface area contributed by atoms with Gasteiger partial charge in [0.2, 0.25) is 0 Å². The maximum Gasteiger partial charge on any atom is 0.151 e. The van der Waals surface area contributed by atoms with E-state index >= 15 is 0 Å². The van der Waals surface area contributed by atoms with Crippen LogP contribution in [0.1, 0.15) is 43.1 Å². The Labute approximate surface area is 90.5 Å². The van der Waals surface area contributed by atoms with Crippen molar-refractivity contribution in [2.24, 2.45) is 0 Å². The number of nitrogens with one attached hydrogen (secondary N) is 1. The van der Waals surface area contributed by atoms with Gasteiger partial charge in [0.25, 0.3) is 0 Å². The number of hydrogen-bond acceptors (Lipinski definition) is 4. The lowest BCUT2D eigenvalue weighted by Gasteiger charge is -2.24. The quantitative estimate of drug-likeness (QED) is 0.738. The van der Waals surface area contributed by atoms with Gasteiger partial charge in [-0.1, -0.05) is 6.42 Å². The molecule has 4 nitrogen and oxygen atoms in total. The minimum Gasteiger partial charge on any atom is -0.320 e. The van der Waals surface area contributed by atoms with Crippen LogP contribution in [0.4, 0.5) is 0 Å². The van der Waals surface area contributed by atoms with E-state index in [0.29, 0.717) is 5.92 Å². The minimum absolute atomic E-state index is 0.656. The molecule has 0 bridgehead atoms. The Bertz CT molecular complexity index is 309. The lowest BCUT2D eigenvalue weighted by molar-refractivity contribution is 0.407. The molecule has 2 rings (SSSR count). The molecule has 82 valence electrons. The highest BCUT2D eigenvalue weighted by atomic mass is 15.1. The molecule has 1 aromatic rings. The highest BCUT2D eigenvalue weighted by Crippen LogP contribution is 2.34. The third kappa shape index (κ3) is 2.72. The smallest absolute Gasteiger partial charge is 0.151 e. The van der Waals surface area contributed by atoms with Crippen molar-refractivity contribution in [1.29, 1.82) is 0 Å². The van der Waals surface area contributed by atoms with Gasteiger partial charge in [-0.2, -0.15) is 5.10 Å². The van der Waals surface area contributed by atoms with Crippen LogP contribution in [-0.2, 0) is 6.42 Å². The molecule has 1 aromatic heterocycles. The van der Waals surface area contributed by atoms with Crippen molar-refractivity contribution in [3.8, 4) is 0 Å². The molecule has 0 aromatic carbocycles. The largest absolute Gasteiger partial charge is 0.320 e. The fourth-order valence-electron chi connectivity index (χ4n) is 1.78. The Balaban J connectivity index is 1.92. The van der Waals surface area contributed by atoms with Gasteiger partial charge in [0.05, 0.1) is 11.9 Å². The summed E-state index contributed by atoms with van der Waals surface area (Å²) in [4.78, 5) is 4.57. The maximum atomic E-state index is 4.57. The fraction of sp³-hybridized carbons (Fsp3) is 0.727. The Morgan fingerprint density at radius 2 is 2.33 bits per heavy atom. The number of aryl methyl sites for hydroxylation is 1. The van der Waals surface area contributed by atoms with Gasteiger partial charge in [-0.05, 0) is 32.9 Å². The van der Waals surface area contributed by atoms with Crippen molar-refractivity contribution in [2.45, 2.75) is 38.0 Å². The summed E-state index contributed by atoms with van der Waals surface area (Å²) in [5, 5.41) is 11.2. The molecular weight excluding hydrogens is 188 g/mol. The van der Waals surface area contributed by atoms with Crippen LogP contribution in [0.3, 0.4) is 0 Å². The summed E-state index contributed by atoms with van der Waals surface area (Å²) < 4.78 is 0. The van der Waals surface area contributed by atoms with Crippen LogP contribution in [0.5, 0.6) is 0 Å². The van der Waals surface area contributed by atoms with E-state index < -0.39 is 0 Å². The number of aromatic nitrogens is 3. The highest BCUT2D eigenvalue weighted by Gasteiger charge is 2.21. The monoisotopic (exact) mass is 206 g/mol. The average molecular weight is 206 g/mol. The maximum absolute atomic E-state index is 4.57. The molecule has 0 radical (unpaired) electrons. The lowest BCUT2D eigenvalue weighted by Crippen LogP contribution is -2.14. The second-order valence-electron chi connectivity index (χ2n) is 4.13. The van der Waals surface area contributed by atoms with Crippen molar-refractivity contribution < 1.29 is 0 Å². The van der Waals surface area contributed by atoms with Crippen LogP contribution in [0.25, 0.3) is 0 Å². The molecule has 0 aliphatic heterocycles. The van der Waals surface area contributed by atoms with Gasteiger partial charge in [-0.15, -0.1) is 5.10 Å². The molecule has 0 spiro atoms. The normalized spacial score (nSPS) is 16.3. The van der Waals surface area contributed by atoms with Crippen molar-refractivity contribution >= 4 is 0 Å². The summed E-state index contributed by atoms with van der Waals surface area (Å²) in [7, 11) is 1.96. The molecular formula is C11H18N4. The van der Waals surface area contributed by atoms with Gasteiger partial charge >= 0.3 is 0 Å². The Morgan fingerprint density at radius 1 is 1.47 bits per heavy atom. The molecule has 1 aliphatic rings. The first kappa shape index (κ1) is 10.5. The summed E-state index contributed by atoms with van der Waals surface area (Å²) in [6.07, 6.45) is 7.71. The molecule has 0 amide bonds. The average Bonchev–Trinajstić information content (AvgIpc) is 2.16. The first-order valence-electron chi connectivity index (χ1n) is 5.73. The zero-order valence-electron chi connectivity index (χ0n) is 9.24. The second-order valence-corrected chi connectivity index (χ2v) is 4.13. The van der Waals surface area contributed by atoms with E-state index in [9.17, 15) is 0 Å². The second kappa shape index (κ2) is 5.16. The van der Waals surface area contributed by atoms with E-state index in [1.54, 1.807) is 0 Å². The van der Waals surface area contributed by atoms with Crippen LogP contribution < -0.4 is 5.32 Å². The van der Waals surface area contributed by atoms with Gasteiger partial charge in [0.15, 0.2) is 5.82 Å². The highest BCUT2D eigenvalue weighted by molar-refractivity contribution is 5.07. The first-order chi connectivity index (χ1) is 7.40. The van der Waals surface area contributed by atoms with Crippen molar-refractivity contribution in [1.82, 2.24) is 20.5 Å². The summed E-state index contributed by atoms with van der Waals surface area (Å²) in [5.41, 5.74) is 1.15. The lowest BCUT2D eigenvalue weighted by atomic mass is 9.83. The first-order valence-corrected chi connectivity index (χ1v) is 5.73. The molecule has 1 heterocycles. The Kier molecular flexibility index (Phi) is 3.61. The van der Waals surface area contributed by atoms with Gasteiger partial charge in [0, 0.05) is 12.3 Å². The third-order valence-electron chi connectivity index (χ3n) is 2.97. The van der Waals surface area contributed by atoms with Crippen LogP contribution in [0.15, 0.2) is 6.20 Å². The van der Waals surface area contributed by atoms with E-state index in [0.717, 1.165) is 30.9 Å². The SMILES string of the molecule is CNCCCc1nncc(C2CCC2)n1. The molecule has 0 atom stereocenters. The van der Waals surface area contributed by atoms with Gasteiger partial charge < -0.3 is 5.32 Å². The van der Waals surface area contributed by atoms with E-state index in [1.165, 1.54) is 19.3 Å². The summed E-state index contributed by atoms with van der Waals surface area (Å²) in [5.74, 6) is 1.55. The van der Waals surface area contributed by atoms with E-state index in [-0.39, 0.29) is 0 Å². The van der Waals surface area contributed by atoms with Gasteiger partial charge in [0.1, 0.15) is 0 Å². The number of hydrogen-bond donors (Lipinski definition) is 1. The summed E-state index contributed by atoms with van der Waals surface area (Å²) in [6.45, 7) is 1.01. The predicted octanol–water partition coefficient (Wildman–Crippen LogP) is 1.29. The fourth-order valence-corrected chi connectivity index (χ4v) is 1.78. The van der Waals surface area contributed by atoms with Crippen molar-refractivity contribution in [3.05, 3.63) is 17.7 Å². The molecule has 4 heteroatoms. The topological polar surface area (TPSA) is 50.7 Å². The van der Waals surface area contributed by atoms with Crippen LogP contribution in [0.2, 0.25) is 0 Å². The zero-order valence-corrected chi connectivity index (χ0v) is 9.24. The summed E-state index contributed by atoms with van der Waals surface area (Å²) in [6, 6.07) is 0. The molecule has 1 aliphatic carbocycles. The Morgan fingerprint density at radius 3 is 3.00 bits per heavy atom. The van der Waals surface area contributed by atoms with Gasteiger partial charge in [-0.3, -0.25) is 0 Å². The standard InChI is InChI=1S/C11H18N4/c1-12-7-3-6-11-14-10(8-13-15-11)9-4-2-5-9/h8-9,12H,2-7H2,1H3. The number of rotatable bonds is 5. The molecule has 15 heavy (non-hydrogen) atoms. The summed E-state index contributed by atoms with van der Waals surface area (Å²) >= 11 is 0. The molecule has 1 saturated carbocycles. The van der Waals surface area contributed by atoms with Crippen LogP contribution in [0, 0.1) is 0 Å². The van der Waals surface area contributed by atoms with E-state index in [2.05, 4.69) is 20.5 Å². The zero-order chi connectivity index (χ0) is 10.5. The van der Waals surface area contributed by atoms with Crippen molar-refractivity contribution in [2.75, 3.05) is 13.6 Å². The van der Waals surface area contributed by atoms with Crippen molar-refractivity contribution in [3.63, 3.8) is 0 Å². The molecule has 0 saturated heterocycles. The molecule has 1 fully saturated rings. The minimum atomic E-state index is 0.656. The van der Waals surface area contributed by atoms with E-state index in [1.807, 2.05) is 13.2 Å². The van der Waals surface area contributed by atoms with Crippen LogP contribution in [-0.4, -0.2) is 28.8 Å². The Hall–Kier alpha value is -1.03. The number of nitrogens with zero attached hydrogens (tertiary/aromatic N) is 3. The van der Waals surface area contributed by atoms with Gasteiger partial charge in [-0.25, -0.2) is 4.98 Å². The molecule has 0 unspecified atom stereocenters.